The van der Waals surface area contributed by atoms with E-state index in [2.05, 4.69) is 17.2 Å². The molecule has 1 heterocycles. The van der Waals surface area contributed by atoms with Crippen molar-refractivity contribution in [3.8, 4) is 22.8 Å². The van der Waals surface area contributed by atoms with Crippen molar-refractivity contribution in [2.24, 2.45) is 0 Å². The Labute approximate surface area is 190 Å². The molecule has 0 aliphatic rings. The molecule has 30 heavy (non-hydrogen) atoms. The van der Waals surface area contributed by atoms with Gasteiger partial charge in [0, 0.05) is 22.4 Å². The molecule has 0 aliphatic heterocycles. The van der Waals surface area contributed by atoms with Gasteiger partial charge in [0.1, 0.15) is 11.5 Å². The van der Waals surface area contributed by atoms with E-state index in [9.17, 15) is 4.79 Å². The fraction of sp³-hybridized carbons (Fsp3) is 0.273. The van der Waals surface area contributed by atoms with Crippen molar-refractivity contribution in [3.63, 3.8) is 0 Å². The smallest absolute Gasteiger partial charge is 0.226 e. The Morgan fingerprint density at radius 3 is 2.63 bits per heavy atom. The number of carbonyl (C=O) groups is 1. The number of hydrogen-bond acceptors (Lipinski definition) is 5. The Hall–Kier alpha value is -2.28. The van der Waals surface area contributed by atoms with Gasteiger partial charge in [0.25, 0.3) is 0 Å². The number of halogens is 2. The van der Waals surface area contributed by atoms with E-state index in [1.165, 1.54) is 11.3 Å². The van der Waals surface area contributed by atoms with E-state index in [1.807, 2.05) is 29.6 Å². The summed E-state index contributed by atoms with van der Waals surface area (Å²) in [5, 5.41) is 6.33. The average Bonchev–Trinajstić information content (AvgIpc) is 3.19. The maximum absolute atomic E-state index is 12.2. The average molecular weight is 465 g/mol. The lowest BCUT2D eigenvalue weighted by Gasteiger charge is -2.08. The van der Waals surface area contributed by atoms with Gasteiger partial charge in [-0.2, -0.15) is 0 Å². The molecule has 1 N–H and O–H groups in total. The highest BCUT2D eigenvalue weighted by molar-refractivity contribution is 7.14. The minimum absolute atomic E-state index is 0.106. The van der Waals surface area contributed by atoms with Crippen LogP contribution in [0.2, 0.25) is 10.0 Å². The lowest BCUT2D eigenvalue weighted by molar-refractivity contribution is -0.116. The van der Waals surface area contributed by atoms with Crippen molar-refractivity contribution in [2.75, 3.05) is 18.5 Å². The van der Waals surface area contributed by atoms with Crippen LogP contribution >= 0.6 is 34.5 Å². The van der Waals surface area contributed by atoms with Crippen molar-refractivity contribution in [2.45, 2.75) is 26.2 Å². The van der Waals surface area contributed by atoms with Crippen molar-refractivity contribution in [1.29, 1.82) is 0 Å². The predicted octanol–water partition coefficient (Wildman–Crippen LogP) is 6.70. The quantitative estimate of drug-likeness (QED) is 0.339. The molecule has 2 aromatic carbocycles. The standard InChI is InChI=1S/C22H22Cl2N2O3S/c1-2-11-28-17-8-5-15(6-9-17)19-14-30-22(25-19)26-21(27)4-3-12-29-20-10-7-16(23)13-18(20)24/h5-10,13-14H,2-4,11-12H2,1H3,(H,25,26,27). The first kappa shape index (κ1) is 22.4. The summed E-state index contributed by atoms with van der Waals surface area (Å²) in [6.45, 7) is 3.15. The first-order valence-corrected chi connectivity index (χ1v) is 11.2. The maximum atomic E-state index is 12.2. The summed E-state index contributed by atoms with van der Waals surface area (Å²) in [4.78, 5) is 16.7. The van der Waals surface area contributed by atoms with Gasteiger partial charge in [-0.05, 0) is 55.3 Å². The zero-order valence-corrected chi connectivity index (χ0v) is 18.8. The second kappa shape index (κ2) is 11.2. The molecular weight excluding hydrogens is 443 g/mol. The van der Waals surface area contributed by atoms with Crippen LogP contribution in [0.1, 0.15) is 26.2 Å². The summed E-state index contributed by atoms with van der Waals surface area (Å²) < 4.78 is 11.2. The Morgan fingerprint density at radius 2 is 1.90 bits per heavy atom. The van der Waals surface area contributed by atoms with Crippen LogP contribution in [-0.4, -0.2) is 24.1 Å². The Morgan fingerprint density at radius 1 is 1.10 bits per heavy atom. The monoisotopic (exact) mass is 464 g/mol. The molecule has 3 rings (SSSR count). The number of rotatable bonds is 10. The summed E-state index contributed by atoms with van der Waals surface area (Å²) in [5.74, 6) is 1.29. The second-order valence-electron chi connectivity index (χ2n) is 6.49. The van der Waals surface area contributed by atoms with Gasteiger partial charge in [-0.25, -0.2) is 4.98 Å². The number of benzene rings is 2. The largest absolute Gasteiger partial charge is 0.494 e. The molecule has 8 heteroatoms. The Bertz CT molecular complexity index is 977. The van der Waals surface area contributed by atoms with E-state index in [4.69, 9.17) is 32.7 Å². The van der Waals surface area contributed by atoms with Crippen molar-refractivity contribution in [1.82, 2.24) is 4.98 Å². The summed E-state index contributed by atoms with van der Waals surface area (Å²) in [6, 6.07) is 12.8. The van der Waals surface area contributed by atoms with Crippen molar-refractivity contribution >= 4 is 45.6 Å². The third kappa shape index (κ3) is 6.62. The van der Waals surface area contributed by atoms with Crippen LogP contribution in [0.15, 0.2) is 47.8 Å². The minimum Gasteiger partial charge on any atom is -0.494 e. The number of nitrogens with zero attached hydrogens (tertiary/aromatic N) is 1. The third-order valence-electron chi connectivity index (χ3n) is 4.07. The lowest BCUT2D eigenvalue weighted by Crippen LogP contribution is -2.12. The fourth-order valence-electron chi connectivity index (χ4n) is 2.59. The van der Waals surface area contributed by atoms with Crippen LogP contribution in [0.3, 0.4) is 0 Å². The molecule has 0 fully saturated rings. The highest BCUT2D eigenvalue weighted by atomic mass is 35.5. The maximum Gasteiger partial charge on any atom is 0.226 e. The van der Waals surface area contributed by atoms with Gasteiger partial charge in [-0.1, -0.05) is 30.1 Å². The van der Waals surface area contributed by atoms with Crippen molar-refractivity contribution in [3.05, 3.63) is 57.9 Å². The van der Waals surface area contributed by atoms with E-state index in [1.54, 1.807) is 18.2 Å². The molecule has 0 atom stereocenters. The van der Waals surface area contributed by atoms with Gasteiger partial charge >= 0.3 is 0 Å². The van der Waals surface area contributed by atoms with Gasteiger partial charge in [0.05, 0.1) is 23.9 Å². The van der Waals surface area contributed by atoms with E-state index < -0.39 is 0 Å². The van der Waals surface area contributed by atoms with E-state index in [-0.39, 0.29) is 5.91 Å². The first-order valence-electron chi connectivity index (χ1n) is 9.61. The summed E-state index contributed by atoms with van der Waals surface area (Å²) >= 11 is 13.3. The number of aromatic nitrogens is 1. The highest BCUT2D eigenvalue weighted by Gasteiger charge is 2.09. The van der Waals surface area contributed by atoms with Gasteiger partial charge in [0.2, 0.25) is 5.91 Å². The number of carbonyl (C=O) groups excluding carboxylic acids is 1. The van der Waals surface area contributed by atoms with Crippen molar-refractivity contribution < 1.29 is 14.3 Å². The molecule has 0 aliphatic carbocycles. The van der Waals surface area contributed by atoms with Crippen LogP contribution in [0.4, 0.5) is 5.13 Å². The molecule has 0 spiro atoms. The number of nitrogens with one attached hydrogen (secondary N) is 1. The van der Waals surface area contributed by atoms with E-state index >= 15 is 0 Å². The minimum atomic E-state index is -0.106. The summed E-state index contributed by atoms with van der Waals surface area (Å²) in [6.07, 6.45) is 1.85. The van der Waals surface area contributed by atoms with Gasteiger partial charge in [-0.15, -0.1) is 11.3 Å². The number of hydrogen-bond donors (Lipinski definition) is 1. The molecule has 1 aromatic heterocycles. The number of amides is 1. The van der Waals surface area contributed by atoms with Gasteiger partial charge in [0.15, 0.2) is 5.13 Å². The molecule has 0 unspecified atom stereocenters. The van der Waals surface area contributed by atoms with Crippen LogP contribution in [-0.2, 0) is 4.79 Å². The summed E-state index contributed by atoms with van der Waals surface area (Å²) in [5.41, 5.74) is 1.79. The van der Waals surface area contributed by atoms with Crippen LogP contribution in [0.5, 0.6) is 11.5 Å². The molecule has 0 radical (unpaired) electrons. The molecule has 158 valence electrons. The highest BCUT2D eigenvalue weighted by Crippen LogP contribution is 2.28. The molecule has 5 nitrogen and oxygen atoms in total. The molecule has 0 saturated heterocycles. The molecule has 0 saturated carbocycles. The zero-order valence-electron chi connectivity index (χ0n) is 16.5. The first-order chi connectivity index (χ1) is 14.5. The number of anilines is 1. The van der Waals surface area contributed by atoms with Crippen LogP contribution < -0.4 is 14.8 Å². The topological polar surface area (TPSA) is 60.5 Å². The molecule has 0 bridgehead atoms. The van der Waals surface area contributed by atoms with E-state index in [0.29, 0.717) is 47.0 Å². The van der Waals surface area contributed by atoms with Crippen LogP contribution in [0, 0.1) is 0 Å². The lowest BCUT2D eigenvalue weighted by atomic mass is 10.2. The molecule has 3 aromatic rings. The number of thiazole rings is 1. The second-order valence-corrected chi connectivity index (χ2v) is 8.19. The van der Waals surface area contributed by atoms with E-state index in [0.717, 1.165) is 23.4 Å². The van der Waals surface area contributed by atoms with Gasteiger partial charge < -0.3 is 14.8 Å². The molecular formula is C22H22Cl2N2O3S. The fourth-order valence-corrected chi connectivity index (χ4v) is 3.79. The third-order valence-corrected chi connectivity index (χ3v) is 5.36. The number of ether oxygens (including phenoxy) is 2. The SMILES string of the molecule is CCCOc1ccc(-c2csc(NC(=O)CCCOc3ccc(Cl)cc3Cl)n2)cc1. The Kier molecular flexibility index (Phi) is 8.37. The Balaban J connectivity index is 1.44. The zero-order chi connectivity index (χ0) is 21.3. The predicted molar refractivity (Wildman–Crippen MR) is 123 cm³/mol. The van der Waals surface area contributed by atoms with Gasteiger partial charge in [-0.3, -0.25) is 4.79 Å². The van der Waals surface area contributed by atoms with Crippen LogP contribution in [0.25, 0.3) is 11.3 Å². The normalized spacial score (nSPS) is 10.6. The molecule has 1 amide bonds. The summed E-state index contributed by atoms with van der Waals surface area (Å²) in [7, 11) is 0.